The van der Waals surface area contributed by atoms with Gasteiger partial charge in [-0.15, -0.1) is 0 Å². The topological polar surface area (TPSA) is 38.1 Å². The molecule has 0 aromatic carbocycles. The van der Waals surface area contributed by atoms with Gasteiger partial charge in [0.1, 0.15) is 5.76 Å². The van der Waals surface area contributed by atoms with Crippen LogP contribution in [0.1, 0.15) is 17.4 Å². The van der Waals surface area contributed by atoms with Crippen LogP contribution in [-0.4, -0.2) is 12.0 Å². The van der Waals surface area contributed by atoms with Crippen LogP contribution in [0.4, 0.5) is 0 Å². The van der Waals surface area contributed by atoms with Crippen LogP contribution in [-0.2, 0) is 6.42 Å². The molecule has 1 unspecified atom stereocenters. The molecule has 2 rings (SSSR count). The maximum absolute atomic E-state index is 5.33. The van der Waals surface area contributed by atoms with Gasteiger partial charge < -0.3 is 9.73 Å². The summed E-state index contributed by atoms with van der Waals surface area (Å²) in [5, 5.41) is 3.27. The number of hydrogen-bond donors (Lipinski definition) is 1. The van der Waals surface area contributed by atoms with E-state index in [4.69, 9.17) is 4.42 Å². The van der Waals surface area contributed by atoms with Gasteiger partial charge in [0.05, 0.1) is 6.26 Å². The molecule has 0 radical (unpaired) electrons. The van der Waals surface area contributed by atoms with E-state index < -0.39 is 0 Å². The average Bonchev–Trinajstić information content (AvgIpc) is 2.80. The minimum Gasteiger partial charge on any atom is -0.469 e. The minimum atomic E-state index is 0.277. The zero-order valence-electron chi connectivity index (χ0n) is 8.68. The first-order chi connectivity index (χ1) is 7.40. The van der Waals surface area contributed by atoms with Gasteiger partial charge in [-0.25, -0.2) is 0 Å². The summed E-state index contributed by atoms with van der Waals surface area (Å²) >= 11 is 0. The molecule has 0 fully saturated rings. The first kappa shape index (κ1) is 9.93. The van der Waals surface area contributed by atoms with Crippen LogP contribution in [0.5, 0.6) is 0 Å². The number of rotatable bonds is 4. The highest BCUT2D eigenvalue weighted by molar-refractivity contribution is 5.17. The average molecular weight is 202 g/mol. The molecule has 0 saturated carbocycles. The van der Waals surface area contributed by atoms with Crippen molar-refractivity contribution in [2.75, 3.05) is 7.05 Å². The Kier molecular flexibility index (Phi) is 3.15. The van der Waals surface area contributed by atoms with Crippen LogP contribution in [0.3, 0.4) is 0 Å². The number of likely N-dealkylation sites (N-methyl/N-ethyl adjacent to an activating group) is 1. The molecule has 0 bridgehead atoms. The van der Waals surface area contributed by atoms with Gasteiger partial charge in [-0.3, -0.25) is 4.98 Å². The summed E-state index contributed by atoms with van der Waals surface area (Å²) in [7, 11) is 1.95. The van der Waals surface area contributed by atoms with Crippen molar-refractivity contribution in [3.8, 4) is 0 Å². The maximum Gasteiger partial charge on any atom is 0.105 e. The number of aromatic nitrogens is 1. The summed E-state index contributed by atoms with van der Waals surface area (Å²) in [5.74, 6) is 0.992. The fourth-order valence-corrected chi connectivity index (χ4v) is 1.61. The molecule has 2 aromatic heterocycles. The van der Waals surface area contributed by atoms with E-state index in [-0.39, 0.29) is 6.04 Å². The molecule has 0 aliphatic heterocycles. The third-order valence-electron chi connectivity index (χ3n) is 2.44. The first-order valence-corrected chi connectivity index (χ1v) is 4.99. The zero-order valence-corrected chi connectivity index (χ0v) is 8.68. The number of hydrogen-bond acceptors (Lipinski definition) is 3. The van der Waals surface area contributed by atoms with Crippen molar-refractivity contribution in [2.45, 2.75) is 12.5 Å². The van der Waals surface area contributed by atoms with E-state index in [0.717, 1.165) is 12.2 Å². The SMILES string of the molecule is CNC(Cc1ccco1)c1ccncc1. The molecular formula is C12H14N2O. The highest BCUT2D eigenvalue weighted by Gasteiger charge is 2.10. The maximum atomic E-state index is 5.33. The molecule has 2 aromatic rings. The Morgan fingerprint density at radius 1 is 1.33 bits per heavy atom. The normalized spacial score (nSPS) is 12.6. The monoisotopic (exact) mass is 202 g/mol. The van der Waals surface area contributed by atoms with E-state index in [1.54, 1.807) is 6.26 Å². The lowest BCUT2D eigenvalue weighted by Crippen LogP contribution is -2.18. The largest absolute Gasteiger partial charge is 0.469 e. The Morgan fingerprint density at radius 2 is 2.13 bits per heavy atom. The van der Waals surface area contributed by atoms with E-state index in [2.05, 4.69) is 10.3 Å². The van der Waals surface area contributed by atoms with Crippen molar-refractivity contribution in [1.82, 2.24) is 10.3 Å². The van der Waals surface area contributed by atoms with Gasteiger partial charge in [-0.05, 0) is 36.9 Å². The van der Waals surface area contributed by atoms with Gasteiger partial charge in [0.25, 0.3) is 0 Å². The van der Waals surface area contributed by atoms with E-state index in [0.29, 0.717) is 0 Å². The predicted octanol–water partition coefficient (Wildman–Crippen LogP) is 2.18. The van der Waals surface area contributed by atoms with Crippen molar-refractivity contribution in [2.24, 2.45) is 0 Å². The van der Waals surface area contributed by atoms with E-state index in [1.165, 1.54) is 5.56 Å². The summed E-state index contributed by atoms with van der Waals surface area (Å²) in [6.45, 7) is 0. The summed E-state index contributed by atoms with van der Waals surface area (Å²) in [4.78, 5) is 4.01. The van der Waals surface area contributed by atoms with E-state index in [1.807, 2.05) is 43.7 Å². The van der Waals surface area contributed by atoms with Crippen LogP contribution in [0, 0.1) is 0 Å². The van der Waals surface area contributed by atoms with Crippen molar-refractivity contribution in [3.05, 3.63) is 54.2 Å². The van der Waals surface area contributed by atoms with Gasteiger partial charge in [-0.2, -0.15) is 0 Å². The fourth-order valence-electron chi connectivity index (χ4n) is 1.61. The second kappa shape index (κ2) is 4.75. The molecule has 0 amide bonds. The molecular weight excluding hydrogens is 188 g/mol. The molecule has 3 heteroatoms. The number of pyridine rings is 1. The first-order valence-electron chi connectivity index (χ1n) is 4.99. The molecule has 1 N–H and O–H groups in total. The highest BCUT2D eigenvalue weighted by atomic mass is 16.3. The van der Waals surface area contributed by atoms with Crippen LogP contribution < -0.4 is 5.32 Å². The van der Waals surface area contributed by atoms with Crippen LogP contribution in [0.25, 0.3) is 0 Å². The molecule has 15 heavy (non-hydrogen) atoms. The lowest BCUT2D eigenvalue weighted by atomic mass is 10.0. The molecule has 0 spiro atoms. The lowest BCUT2D eigenvalue weighted by molar-refractivity contribution is 0.466. The van der Waals surface area contributed by atoms with Crippen LogP contribution >= 0.6 is 0 Å². The van der Waals surface area contributed by atoms with Crippen molar-refractivity contribution in [3.63, 3.8) is 0 Å². The molecule has 2 heterocycles. The van der Waals surface area contributed by atoms with Gasteiger partial charge >= 0.3 is 0 Å². The minimum absolute atomic E-state index is 0.277. The van der Waals surface area contributed by atoms with Gasteiger partial charge in [0, 0.05) is 24.9 Å². The molecule has 0 saturated heterocycles. The third kappa shape index (κ3) is 2.44. The lowest BCUT2D eigenvalue weighted by Gasteiger charge is -2.14. The summed E-state index contributed by atoms with van der Waals surface area (Å²) in [5.41, 5.74) is 1.23. The summed E-state index contributed by atoms with van der Waals surface area (Å²) in [6, 6.07) is 8.22. The Labute approximate surface area is 89.1 Å². The summed E-state index contributed by atoms with van der Waals surface area (Å²) in [6.07, 6.45) is 6.17. The Bertz CT molecular complexity index is 383. The van der Waals surface area contributed by atoms with Gasteiger partial charge in [0.15, 0.2) is 0 Å². The number of nitrogens with zero attached hydrogens (tertiary/aromatic N) is 1. The molecule has 3 nitrogen and oxygen atoms in total. The molecule has 78 valence electrons. The second-order valence-corrected chi connectivity index (χ2v) is 3.41. The van der Waals surface area contributed by atoms with Gasteiger partial charge in [-0.1, -0.05) is 0 Å². The van der Waals surface area contributed by atoms with E-state index in [9.17, 15) is 0 Å². The molecule has 0 aliphatic rings. The Hall–Kier alpha value is -1.61. The Morgan fingerprint density at radius 3 is 2.73 bits per heavy atom. The quantitative estimate of drug-likeness (QED) is 0.825. The predicted molar refractivity (Wildman–Crippen MR) is 58.4 cm³/mol. The zero-order chi connectivity index (χ0) is 10.5. The van der Waals surface area contributed by atoms with Crippen LogP contribution in [0.2, 0.25) is 0 Å². The highest BCUT2D eigenvalue weighted by Crippen LogP contribution is 2.17. The van der Waals surface area contributed by atoms with Crippen molar-refractivity contribution in [1.29, 1.82) is 0 Å². The van der Waals surface area contributed by atoms with Gasteiger partial charge in [0.2, 0.25) is 0 Å². The van der Waals surface area contributed by atoms with Crippen LogP contribution in [0.15, 0.2) is 47.3 Å². The Balaban J connectivity index is 2.12. The standard InChI is InChI=1S/C12H14N2O/c1-13-12(9-11-3-2-8-15-11)10-4-6-14-7-5-10/h2-8,12-13H,9H2,1H3. The third-order valence-corrected chi connectivity index (χ3v) is 2.44. The summed E-state index contributed by atoms with van der Waals surface area (Å²) < 4.78 is 5.33. The smallest absolute Gasteiger partial charge is 0.105 e. The molecule has 0 aliphatic carbocycles. The van der Waals surface area contributed by atoms with Crippen molar-refractivity contribution >= 4 is 0 Å². The number of furan rings is 1. The van der Waals surface area contributed by atoms with Crippen molar-refractivity contribution < 1.29 is 4.42 Å². The fraction of sp³-hybridized carbons (Fsp3) is 0.250. The van der Waals surface area contributed by atoms with E-state index >= 15 is 0 Å². The molecule has 1 atom stereocenters. The number of nitrogens with one attached hydrogen (secondary N) is 1. The second-order valence-electron chi connectivity index (χ2n) is 3.41.